The van der Waals surface area contributed by atoms with Crippen molar-refractivity contribution >= 4 is 10.2 Å². The Morgan fingerprint density at radius 2 is 1.79 bits per heavy atom. The Bertz CT molecular complexity index is 266. The third-order valence-electron chi connectivity index (χ3n) is 2.29. The van der Waals surface area contributed by atoms with E-state index in [1.165, 1.54) is 8.61 Å². The van der Waals surface area contributed by atoms with Crippen LogP contribution in [0.25, 0.3) is 0 Å². The maximum Gasteiger partial charge on any atom is 0.282 e. The van der Waals surface area contributed by atoms with Gasteiger partial charge in [0.2, 0.25) is 0 Å². The first-order chi connectivity index (χ1) is 6.62. The van der Waals surface area contributed by atoms with E-state index in [0.29, 0.717) is 32.6 Å². The highest BCUT2D eigenvalue weighted by molar-refractivity contribution is 7.87. The number of aliphatic hydroxyl groups is 1. The van der Waals surface area contributed by atoms with E-state index < -0.39 is 10.2 Å². The Hall–Kier alpha value is -0.170. The van der Waals surface area contributed by atoms with Gasteiger partial charge in [-0.25, -0.2) is 0 Å². The van der Waals surface area contributed by atoms with Crippen molar-refractivity contribution in [2.75, 3.05) is 32.8 Å². The Labute approximate surface area is 85.5 Å². The molecule has 0 aliphatic carbocycles. The standard InChI is InChI=1S/C8H18N2O3S/c1-2-4-9-6-7-10(5-3-8-11)14(9,12)13/h11H,2-8H2,1H3. The molecule has 0 saturated carbocycles. The molecule has 1 rings (SSSR count). The van der Waals surface area contributed by atoms with Crippen LogP contribution in [0.5, 0.6) is 0 Å². The summed E-state index contributed by atoms with van der Waals surface area (Å²) in [5, 5.41) is 8.63. The maximum atomic E-state index is 11.8. The fourth-order valence-corrected chi connectivity index (χ4v) is 3.29. The van der Waals surface area contributed by atoms with Crippen LogP contribution in [0.4, 0.5) is 0 Å². The largest absolute Gasteiger partial charge is 0.396 e. The molecule has 0 aromatic heterocycles. The first-order valence-electron chi connectivity index (χ1n) is 4.99. The highest BCUT2D eigenvalue weighted by Crippen LogP contribution is 2.16. The minimum Gasteiger partial charge on any atom is -0.396 e. The molecular weight excluding hydrogens is 204 g/mol. The van der Waals surface area contributed by atoms with Gasteiger partial charge in [0, 0.05) is 32.8 Å². The van der Waals surface area contributed by atoms with Crippen LogP contribution in [-0.2, 0) is 10.2 Å². The molecule has 0 radical (unpaired) electrons. The van der Waals surface area contributed by atoms with E-state index >= 15 is 0 Å². The Balaban J connectivity index is 2.57. The van der Waals surface area contributed by atoms with Crippen LogP contribution in [0.2, 0.25) is 0 Å². The van der Waals surface area contributed by atoms with Gasteiger partial charge in [-0.3, -0.25) is 0 Å². The van der Waals surface area contributed by atoms with Crippen molar-refractivity contribution in [1.82, 2.24) is 8.61 Å². The molecule has 0 bridgehead atoms. The van der Waals surface area contributed by atoms with E-state index in [9.17, 15) is 8.42 Å². The molecule has 1 N–H and O–H groups in total. The monoisotopic (exact) mass is 222 g/mol. The molecule has 1 fully saturated rings. The Morgan fingerprint density at radius 3 is 2.29 bits per heavy atom. The zero-order valence-corrected chi connectivity index (χ0v) is 9.33. The lowest BCUT2D eigenvalue weighted by molar-refractivity contribution is 0.273. The predicted octanol–water partition coefficient (Wildman–Crippen LogP) is -0.359. The average molecular weight is 222 g/mol. The van der Waals surface area contributed by atoms with Crippen molar-refractivity contribution in [1.29, 1.82) is 0 Å². The van der Waals surface area contributed by atoms with E-state index in [4.69, 9.17) is 5.11 Å². The lowest BCUT2D eigenvalue weighted by Crippen LogP contribution is -2.34. The SMILES string of the molecule is CCCN1CCN(CCCO)S1(=O)=O. The van der Waals surface area contributed by atoms with Gasteiger partial charge in [-0.05, 0) is 12.8 Å². The third-order valence-corrected chi connectivity index (χ3v) is 4.33. The van der Waals surface area contributed by atoms with Gasteiger partial charge in [0.05, 0.1) is 0 Å². The van der Waals surface area contributed by atoms with Gasteiger partial charge in [0.25, 0.3) is 10.2 Å². The third kappa shape index (κ3) is 2.44. The Morgan fingerprint density at radius 1 is 1.21 bits per heavy atom. The van der Waals surface area contributed by atoms with Gasteiger partial charge < -0.3 is 5.11 Å². The topological polar surface area (TPSA) is 60.9 Å². The molecule has 0 amide bonds. The molecule has 0 spiro atoms. The molecule has 6 heteroatoms. The fourth-order valence-electron chi connectivity index (χ4n) is 1.57. The van der Waals surface area contributed by atoms with Crippen LogP contribution in [0, 0.1) is 0 Å². The first-order valence-corrected chi connectivity index (χ1v) is 6.38. The summed E-state index contributed by atoms with van der Waals surface area (Å²) in [6, 6.07) is 0. The second kappa shape index (κ2) is 5.06. The summed E-state index contributed by atoms with van der Waals surface area (Å²) in [6.07, 6.45) is 1.35. The summed E-state index contributed by atoms with van der Waals surface area (Å²) in [6.45, 7) is 4.17. The second-order valence-corrected chi connectivity index (χ2v) is 5.31. The minimum atomic E-state index is -3.21. The van der Waals surface area contributed by atoms with Crippen molar-refractivity contribution in [2.45, 2.75) is 19.8 Å². The highest BCUT2D eigenvalue weighted by atomic mass is 32.2. The first kappa shape index (κ1) is 11.9. The van der Waals surface area contributed by atoms with Crippen LogP contribution in [0.15, 0.2) is 0 Å². The van der Waals surface area contributed by atoms with E-state index in [1.54, 1.807) is 0 Å². The van der Waals surface area contributed by atoms with Gasteiger partial charge in [-0.15, -0.1) is 0 Å². The summed E-state index contributed by atoms with van der Waals surface area (Å²) in [5.74, 6) is 0. The van der Waals surface area contributed by atoms with Crippen molar-refractivity contribution in [3.8, 4) is 0 Å². The average Bonchev–Trinajstić information content (AvgIpc) is 2.41. The van der Waals surface area contributed by atoms with E-state index in [-0.39, 0.29) is 6.61 Å². The van der Waals surface area contributed by atoms with Crippen LogP contribution < -0.4 is 0 Å². The van der Waals surface area contributed by atoms with Crippen LogP contribution in [0.1, 0.15) is 19.8 Å². The van der Waals surface area contributed by atoms with Gasteiger partial charge in [0.1, 0.15) is 0 Å². The van der Waals surface area contributed by atoms with Crippen molar-refractivity contribution < 1.29 is 13.5 Å². The minimum absolute atomic E-state index is 0.0415. The molecule has 1 aliphatic heterocycles. The number of hydrogen-bond donors (Lipinski definition) is 1. The molecule has 1 heterocycles. The zero-order valence-electron chi connectivity index (χ0n) is 8.52. The summed E-state index contributed by atoms with van der Waals surface area (Å²) in [7, 11) is -3.21. The van der Waals surface area contributed by atoms with Gasteiger partial charge >= 0.3 is 0 Å². The predicted molar refractivity (Wildman–Crippen MR) is 54.1 cm³/mol. The molecule has 0 atom stereocenters. The van der Waals surface area contributed by atoms with Crippen LogP contribution >= 0.6 is 0 Å². The summed E-state index contributed by atoms with van der Waals surface area (Å²) < 4.78 is 26.5. The molecule has 0 unspecified atom stereocenters. The maximum absolute atomic E-state index is 11.8. The van der Waals surface area contributed by atoms with E-state index in [1.807, 2.05) is 6.92 Å². The number of hydrogen-bond acceptors (Lipinski definition) is 3. The van der Waals surface area contributed by atoms with Crippen molar-refractivity contribution in [2.24, 2.45) is 0 Å². The van der Waals surface area contributed by atoms with Crippen molar-refractivity contribution in [3.05, 3.63) is 0 Å². The van der Waals surface area contributed by atoms with Crippen LogP contribution in [-0.4, -0.2) is 54.9 Å². The number of aliphatic hydroxyl groups excluding tert-OH is 1. The fraction of sp³-hybridized carbons (Fsp3) is 1.00. The van der Waals surface area contributed by atoms with Crippen LogP contribution in [0.3, 0.4) is 0 Å². The van der Waals surface area contributed by atoms with E-state index in [2.05, 4.69) is 0 Å². The molecule has 5 nitrogen and oxygen atoms in total. The number of nitrogens with zero attached hydrogens (tertiary/aromatic N) is 2. The summed E-state index contributed by atoms with van der Waals surface area (Å²) in [5.41, 5.74) is 0. The Kier molecular flexibility index (Phi) is 4.31. The molecule has 0 aromatic carbocycles. The molecule has 1 aliphatic rings. The zero-order chi connectivity index (χ0) is 10.6. The summed E-state index contributed by atoms with van der Waals surface area (Å²) >= 11 is 0. The lowest BCUT2D eigenvalue weighted by Gasteiger charge is -2.17. The normalized spacial score (nSPS) is 23.0. The highest BCUT2D eigenvalue weighted by Gasteiger charge is 2.34. The van der Waals surface area contributed by atoms with Gasteiger partial charge in [-0.1, -0.05) is 6.92 Å². The molecule has 1 saturated heterocycles. The second-order valence-electron chi connectivity index (χ2n) is 3.38. The van der Waals surface area contributed by atoms with Crippen molar-refractivity contribution in [3.63, 3.8) is 0 Å². The molecule has 14 heavy (non-hydrogen) atoms. The van der Waals surface area contributed by atoms with Gasteiger partial charge in [-0.2, -0.15) is 17.0 Å². The lowest BCUT2D eigenvalue weighted by atomic mass is 10.4. The molecule has 0 aromatic rings. The smallest absolute Gasteiger partial charge is 0.282 e. The number of rotatable bonds is 5. The van der Waals surface area contributed by atoms with Gasteiger partial charge in [0.15, 0.2) is 0 Å². The quantitative estimate of drug-likeness (QED) is 0.691. The molecular formula is C8H18N2O3S. The molecule has 84 valence electrons. The van der Waals surface area contributed by atoms with E-state index in [0.717, 1.165) is 6.42 Å². The summed E-state index contributed by atoms with van der Waals surface area (Å²) in [4.78, 5) is 0.